The van der Waals surface area contributed by atoms with Gasteiger partial charge in [-0.15, -0.1) is 0 Å². The van der Waals surface area contributed by atoms with E-state index in [2.05, 4.69) is 133 Å². The van der Waals surface area contributed by atoms with Gasteiger partial charge in [0.1, 0.15) is 0 Å². The Morgan fingerprint density at radius 2 is 1.06 bits per heavy atom. The van der Waals surface area contributed by atoms with Crippen molar-refractivity contribution in [2.75, 3.05) is 0 Å². The summed E-state index contributed by atoms with van der Waals surface area (Å²) in [4.78, 5) is 0. The van der Waals surface area contributed by atoms with Crippen LogP contribution < -0.4 is 0 Å². The molecule has 0 heterocycles. The van der Waals surface area contributed by atoms with Crippen molar-refractivity contribution in [1.29, 1.82) is 0 Å². The fourth-order valence-electron chi connectivity index (χ4n) is 4.29. The average Bonchev–Trinajstić information content (AvgIpc) is 2.89. The Bertz CT molecular complexity index is 1340. The van der Waals surface area contributed by atoms with Crippen molar-refractivity contribution in [2.24, 2.45) is 0 Å². The van der Waals surface area contributed by atoms with Crippen LogP contribution in [0.4, 0.5) is 0 Å². The number of rotatable bonds is 7. The van der Waals surface area contributed by atoms with Crippen LogP contribution in [0, 0.1) is 0 Å². The molecule has 0 fully saturated rings. The van der Waals surface area contributed by atoms with Gasteiger partial charge in [0, 0.05) is 0 Å². The third-order valence-electron chi connectivity index (χ3n) is 6.20. The molecule has 0 nitrogen and oxygen atoms in total. The number of benzene rings is 5. The summed E-state index contributed by atoms with van der Waals surface area (Å²) in [6, 6.07) is 43.8. The SMILES string of the molecule is C(=C\c1ccc2ccc(-c3ccc(CCc4ccccc4)cc3)cc2c1)/Cc1ccccc1. The highest BCUT2D eigenvalue weighted by Crippen LogP contribution is 2.26. The second-order valence-corrected chi connectivity index (χ2v) is 8.60. The van der Waals surface area contributed by atoms with Gasteiger partial charge in [0.15, 0.2) is 0 Å². The zero-order chi connectivity index (χ0) is 22.3. The Balaban J connectivity index is 1.29. The Morgan fingerprint density at radius 3 is 1.79 bits per heavy atom. The molecule has 0 atom stereocenters. The molecule has 0 aliphatic heterocycles. The molecule has 0 N–H and O–H groups in total. The van der Waals surface area contributed by atoms with E-state index in [-0.39, 0.29) is 0 Å². The van der Waals surface area contributed by atoms with Crippen molar-refractivity contribution in [2.45, 2.75) is 19.3 Å². The maximum atomic E-state index is 2.31. The first kappa shape index (κ1) is 21.0. The van der Waals surface area contributed by atoms with Crippen LogP contribution in [-0.4, -0.2) is 0 Å². The fraction of sp³-hybridized carbons (Fsp3) is 0.0909. The van der Waals surface area contributed by atoms with Gasteiger partial charge < -0.3 is 0 Å². The summed E-state index contributed by atoms with van der Waals surface area (Å²) in [5, 5.41) is 2.56. The largest absolute Gasteiger partial charge is 0.0795 e. The molecular formula is C33H28. The molecule has 0 aliphatic carbocycles. The molecule has 0 unspecified atom stereocenters. The predicted octanol–water partition coefficient (Wildman–Crippen LogP) is 8.55. The number of aryl methyl sites for hydroxylation is 2. The molecule has 0 amide bonds. The van der Waals surface area contributed by atoms with Crippen LogP contribution in [0.2, 0.25) is 0 Å². The summed E-state index contributed by atoms with van der Waals surface area (Å²) in [7, 11) is 0. The highest BCUT2D eigenvalue weighted by Gasteiger charge is 2.02. The Morgan fingerprint density at radius 1 is 0.455 bits per heavy atom. The third-order valence-corrected chi connectivity index (χ3v) is 6.20. The summed E-state index contributed by atoms with van der Waals surface area (Å²) < 4.78 is 0. The van der Waals surface area contributed by atoms with Gasteiger partial charge in [-0.25, -0.2) is 0 Å². The molecule has 0 aliphatic rings. The van der Waals surface area contributed by atoms with Crippen molar-refractivity contribution in [3.63, 3.8) is 0 Å². The van der Waals surface area contributed by atoms with E-state index in [0.29, 0.717) is 0 Å². The quantitative estimate of drug-likeness (QED) is 0.245. The normalized spacial score (nSPS) is 11.3. The maximum Gasteiger partial charge on any atom is -0.00941 e. The van der Waals surface area contributed by atoms with Crippen LogP contribution in [0.25, 0.3) is 28.0 Å². The minimum atomic E-state index is 0.954. The molecule has 0 spiro atoms. The molecule has 0 radical (unpaired) electrons. The molecule has 5 aromatic rings. The molecule has 5 aromatic carbocycles. The lowest BCUT2D eigenvalue weighted by molar-refractivity contribution is 0.960. The van der Waals surface area contributed by atoms with Crippen molar-refractivity contribution >= 4 is 16.8 Å². The van der Waals surface area contributed by atoms with Gasteiger partial charge in [0.2, 0.25) is 0 Å². The molecule has 5 rings (SSSR count). The minimum Gasteiger partial charge on any atom is -0.0795 e. The van der Waals surface area contributed by atoms with Crippen molar-refractivity contribution < 1.29 is 0 Å². The summed E-state index contributed by atoms with van der Waals surface area (Å²) in [5.74, 6) is 0. The maximum absolute atomic E-state index is 2.31. The third kappa shape index (κ3) is 5.48. The Kier molecular flexibility index (Phi) is 6.45. The number of fused-ring (bicyclic) bond motifs is 1. The molecule has 160 valence electrons. The van der Waals surface area contributed by atoms with Crippen molar-refractivity contribution in [1.82, 2.24) is 0 Å². The van der Waals surface area contributed by atoms with E-state index < -0.39 is 0 Å². The van der Waals surface area contributed by atoms with E-state index in [0.717, 1.165) is 19.3 Å². The van der Waals surface area contributed by atoms with Crippen molar-refractivity contribution in [3.8, 4) is 11.1 Å². The molecule has 0 heteroatoms. The van der Waals surface area contributed by atoms with Crippen LogP contribution in [0.5, 0.6) is 0 Å². The van der Waals surface area contributed by atoms with Gasteiger partial charge in [0.05, 0.1) is 0 Å². The second kappa shape index (κ2) is 10.1. The van der Waals surface area contributed by atoms with Crippen LogP contribution in [-0.2, 0) is 19.3 Å². The zero-order valence-corrected chi connectivity index (χ0v) is 18.8. The smallest absolute Gasteiger partial charge is 0.00941 e. The number of hydrogen-bond donors (Lipinski definition) is 0. The van der Waals surface area contributed by atoms with E-state index in [1.54, 1.807) is 0 Å². The topological polar surface area (TPSA) is 0 Å². The van der Waals surface area contributed by atoms with Gasteiger partial charge in [0.25, 0.3) is 0 Å². The molecule has 33 heavy (non-hydrogen) atoms. The predicted molar refractivity (Wildman–Crippen MR) is 142 cm³/mol. The first-order chi connectivity index (χ1) is 16.3. The average molecular weight is 425 g/mol. The standard InChI is InChI=1S/C33H28/c1-3-8-26(9-4-1)12-7-13-29-18-21-31-22-23-32(25-33(31)24-29)30-19-16-28(17-20-30)15-14-27-10-5-2-6-11-27/h1-11,13,16-25H,12,14-15H2/b13-7+. The summed E-state index contributed by atoms with van der Waals surface area (Å²) in [6.45, 7) is 0. The second-order valence-electron chi connectivity index (χ2n) is 8.60. The van der Waals surface area contributed by atoms with Gasteiger partial charge in [-0.3, -0.25) is 0 Å². The molecular weight excluding hydrogens is 396 g/mol. The van der Waals surface area contributed by atoms with E-state index in [9.17, 15) is 0 Å². The van der Waals surface area contributed by atoms with Crippen LogP contribution >= 0.6 is 0 Å². The van der Waals surface area contributed by atoms with Crippen LogP contribution in [0.1, 0.15) is 22.3 Å². The number of hydrogen-bond acceptors (Lipinski definition) is 0. The fourth-order valence-corrected chi connectivity index (χ4v) is 4.29. The van der Waals surface area contributed by atoms with Gasteiger partial charge in [-0.05, 0) is 75.5 Å². The molecule has 0 aromatic heterocycles. The molecule has 0 bridgehead atoms. The van der Waals surface area contributed by atoms with Crippen LogP contribution in [0.3, 0.4) is 0 Å². The zero-order valence-electron chi connectivity index (χ0n) is 18.8. The van der Waals surface area contributed by atoms with E-state index >= 15 is 0 Å². The number of allylic oxidation sites excluding steroid dienone is 1. The monoisotopic (exact) mass is 424 g/mol. The summed E-state index contributed by atoms with van der Waals surface area (Å²) in [6.07, 6.45) is 7.57. The van der Waals surface area contributed by atoms with Crippen molar-refractivity contribution in [3.05, 3.63) is 150 Å². The van der Waals surface area contributed by atoms with Gasteiger partial charge >= 0.3 is 0 Å². The molecule has 0 saturated heterocycles. The summed E-state index contributed by atoms with van der Waals surface area (Å²) in [5.41, 5.74) is 7.89. The Labute approximate surface area is 196 Å². The minimum absolute atomic E-state index is 0.954. The summed E-state index contributed by atoms with van der Waals surface area (Å²) >= 11 is 0. The van der Waals surface area contributed by atoms with Gasteiger partial charge in [-0.2, -0.15) is 0 Å². The van der Waals surface area contributed by atoms with E-state index in [4.69, 9.17) is 0 Å². The lowest BCUT2D eigenvalue weighted by atomic mass is 9.97. The van der Waals surface area contributed by atoms with Crippen LogP contribution in [0.15, 0.2) is 127 Å². The van der Waals surface area contributed by atoms with E-state index in [1.807, 2.05) is 0 Å². The lowest BCUT2D eigenvalue weighted by Gasteiger charge is -2.07. The first-order valence-corrected chi connectivity index (χ1v) is 11.7. The van der Waals surface area contributed by atoms with Gasteiger partial charge in [-0.1, -0.05) is 121 Å². The highest BCUT2D eigenvalue weighted by atomic mass is 14.1. The first-order valence-electron chi connectivity index (χ1n) is 11.7. The highest BCUT2D eigenvalue weighted by molar-refractivity contribution is 5.89. The molecule has 0 saturated carbocycles. The van der Waals surface area contributed by atoms with E-state index in [1.165, 1.54) is 44.2 Å². The Hall–Kier alpha value is -3.90. The lowest BCUT2D eigenvalue weighted by Crippen LogP contribution is -1.91.